The first-order chi connectivity index (χ1) is 12.3. The molecule has 0 spiro atoms. The van der Waals surface area contributed by atoms with Gasteiger partial charge in [0.1, 0.15) is 0 Å². The normalized spacial score (nSPS) is 19.8. The standard InChI is InChI=1S/C19H23N5O/c25-22-18-8-4-7-17-16(18)13-20-19(21-17)24-11-9-23(10-12-24)14-15-5-2-1-3-6-15/h1-3,5-6,13,25H,4,7-12,14H2. The first-order valence-electron chi connectivity index (χ1n) is 8.92. The van der Waals surface area contributed by atoms with Crippen molar-refractivity contribution in [2.24, 2.45) is 5.16 Å². The topological polar surface area (TPSA) is 64.9 Å². The van der Waals surface area contributed by atoms with E-state index in [2.05, 4.69) is 50.3 Å². The van der Waals surface area contributed by atoms with Crippen molar-refractivity contribution in [2.45, 2.75) is 25.8 Å². The van der Waals surface area contributed by atoms with Crippen molar-refractivity contribution in [3.8, 4) is 0 Å². The number of nitrogens with zero attached hydrogens (tertiary/aromatic N) is 5. The summed E-state index contributed by atoms with van der Waals surface area (Å²) in [6.07, 6.45) is 4.53. The number of hydrogen-bond donors (Lipinski definition) is 1. The lowest BCUT2D eigenvalue weighted by Crippen LogP contribution is -2.46. The van der Waals surface area contributed by atoms with Crippen LogP contribution in [0.3, 0.4) is 0 Å². The molecule has 0 radical (unpaired) electrons. The van der Waals surface area contributed by atoms with Crippen molar-refractivity contribution in [3.63, 3.8) is 0 Å². The molecule has 0 atom stereocenters. The van der Waals surface area contributed by atoms with Crippen LogP contribution >= 0.6 is 0 Å². The third kappa shape index (κ3) is 3.49. The highest BCUT2D eigenvalue weighted by Crippen LogP contribution is 2.22. The maximum atomic E-state index is 9.12. The van der Waals surface area contributed by atoms with Crippen molar-refractivity contribution >= 4 is 11.7 Å². The van der Waals surface area contributed by atoms with Gasteiger partial charge in [-0.3, -0.25) is 4.90 Å². The number of anilines is 1. The first kappa shape index (κ1) is 16.0. The molecule has 2 aromatic rings. The zero-order chi connectivity index (χ0) is 17.1. The fraction of sp³-hybridized carbons (Fsp3) is 0.421. The average molecular weight is 337 g/mol. The smallest absolute Gasteiger partial charge is 0.225 e. The molecule has 0 unspecified atom stereocenters. The largest absolute Gasteiger partial charge is 0.411 e. The molecular formula is C19H23N5O. The lowest BCUT2D eigenvalue weighted by Gasteiger charge is -2.35. The third-order valence-corrected chi connectivity index (χ3v) is 5.02. The van der Waals surface area contributed by atoms with E-state index in [0.717, 1.165) is 69.2 Å². The van der Waals surface area contributed by atoms with Crippen molar-refractivity contribution in [2.75, 3.05) is 31.1 Å². The second-order valence-corrected chi connectivity index (χ2v) is 6.68. The Hall–Kier alpha value is -2.47. The highest BCUT2D eigenvalue weighted by Gasteiger charge is 2.23. The van der Waals surface area contributed by atoms with E-state index in [-0.39, 0.29) is 0 Å². The van der Waals surface area contributed by atoms with Gasteiger partial charge in [-0.1, -0.05) is 35.5 Å². The summed E-state index contributed by atoms with van der Waals surface area (Å²) in [4.78, 5) is 14.0. The fourth-order valence-corrected chi connectivity index (χ4v) is 3.60. The fourth-order valence-electron chi connectivity index (χ4n) is 3.60. The van der Waals surface area contributed by atoms with Gasteiger partial charge in [0.25, 0.3) is 0 Å². The molecule has 1 N–H and O–H groups in total. The molecular weight excluding hydrogens is 314 g/mol. The summed E-state index contributed by atoms with van der Waals surface area (Å²) in [5, 5.41) is 12.5. The molecule has 2 heterocycles. The molecule has 0 amide bonds. The van der Waals surface area contributed by atoms with Crippen LogP contribution in [0.5, 0.6) is 0 Å². The van der Waals surface area contributed by atoms with E-state index >= 15 is 0 Å². The quantitative estimate of drug-likeness (QED) is 0.688. The molecule has 6 heteroatoms. The Morgan fingerprint density at radius 3 is 2.60 bits per heavy atom. The highest BCUT2D eigenvalue weighted by atomic mass is 16.4. The van der Waals surface area contributed by atoms with E-state index in [1.807, 2.05) is 6.20 Å². The minimum Gasteiger partial charge on any atom is -0.411 e. The van der Waals surface area contributed by atoms with Gasteiger partial charge in [0.15, 0.2) is 0 Å². The molecule has 1 aromatic heterocycles. The van der Waals surface area contributed by atoms with Crippen LogP contribution in [-0.4, -0.2) is 52.0 Å². The van der Waals surface area contributed by atoms with Crippen LogP contribution in [-0.2, 0) is 13.0 Å². The maximum absolute atomic E-state index is 9.12. The summed E-state index contributed by atoms with van der Waals surface area (Å²) in [5.41, 5.74) is 3.98. The molecule has 25 heavy (non-hydrogen) atoms. The van der Waals surface area contributed by atoms with Gasteiger partial charge >= 0.3 is 0 Å². The van der Waals surface area contributed by atoms with Crippen LogP contribution < -0.4 is 4.90 Å². The first-order valence-corrected chi connectivity index (χ1v) is 8.92. The van der Waals surface area contributed by atoms with Gasteiger partial charge in [0.2, 0.25) is 5.95 Å². The predicted molar refractivity (Wildman–Crippen MR) is 97.2 cm³/mol. The summed E-state index contributed by atoms with van der Waals surface area (Å²) >= 11 is 0. The molecule has 0 bridgehead atoms. The Morgan fingerprint density at radius 1 is 1.04 bits per heavy atom. The van der Waals surface area contributed by atoms with Gasteiger partial charge in [-0.25, -0.2) is 9.97 Å². The Balaban J connectivity index is 1.41. The lowest BCUT2D eigenvalue weighted by atomic mass is 9.95. The van der Waals surface area contributed by atoms with Gasteiger partial charge < -0.3 is 10.1 Å². The number of piperazine rings is 1. The summed E-state index contributed by atoms with van der Waals surface area (Å²) in [6, 6.07) is 10.6. The van der Waals surface area contributed by atoms with E-state index in [1.165, 1.54) is 5.56 Å². The van der Waals surface area contributed by atoms with Gasteiger partial charge in [-0.05, 0) is 24.8 Å². The van der Waals surface area contributed by atoms with Crippen molar-refractivity contribution in [1.82, 2.24) is 14.9 Å². The Labute approximate surface area is 147 Å². The molecule has 1 aliphatic carbocycles. The zero-order valence-electron chi connectivity index (χ0n) is 14.3. The summed E-state index contributed by atoms with van der Waals surface area (Å²) in [7, 11) is 0. The summed E-state index contributed by atoms with van der Waals surface area (Å²) in [6.45, 7) is 4.90. The van der Waals surface area contributed by atoms with Crippen LogP contribution in [0, 0.1) is 0 Å². The minimum atomic E-state index is 0.709. The zero-order valence-corrected chi connectivity index (χ0v) is 14.3. The van der Waals surface area contributed by atoms with Crippen LogP contribution in [0.25, 0.3) is 0 Å². The SMILES string of the molecule is ON=C1CCCc2nc(N3CCN(Cc4ccccc4)CC3)ncc21. The summed E-state index contributed by atoms with van der Waals surface area (Å²) in [5.74, 6) is 0.803. The molecule has 1 fully saturated rings. The number of aryl methyl sites for hydroxylation is 1. The second-order valence-electron chi connectivity index (χ2n) is 6.68. The average Bonchev–Trinajstić information content (AvgIpc) is 2.68. The molecule has 1 saturated heterocycles. The van der Waals surface area contributed by atoms with E-state index in [0.29, 0.717) is 5.71 Å². The summed E-state index contributed by atoms with van der Waals surface area (Å²) < 4.78 is 0. The number of hydrogen-bond acceptors (Lipinski definition) is 6. The molecule has 1 aromatic carbocycles. The minimum absolute atomic E-state index is 0.709. The second kappa shape index (κ2) is 7.19. The van der Waals surface area contributed by atoms with Crippen LogP contribution in [0.2, 0.25) is 0 Å². The van der Waals surface area contributed by atoms with E-state index in [1.54, 1.807) is 0 Å². The number of oxime groups is 1. The van der Waals surface area contributed by atoms with Crippen molar-refractivity contribution < 1.29 is 5.21 Å². The lowest BCUT2D eigenvalue weighted by molar-refractivity contribution is 0.248. The third-order valence-electron chi connectivity index (χ3n) is 5.02. The molecule has 2 aliphatic rings. The number of fused-ring (bicyclic) bond motifs is 1. The number of aromatic nitrogens is 2. The predicted octanol–water partition coefficient (Wildman–Crippen LogP) is 2.31. The van der Waals surface area contributed by atoms with Crippen molar-refractivity contribution in [3.05, 3.63) is 53.3 Å². The van der Waals surface area contributed by atoms with Crippen LogP contribution in [0.1, 0.15) is 29.7 Å². The Morgan fingerprint density at radius 2 is 1.84 bits per heavy atom. The highest BCUT2D eigenvalue weighted by molar-refractivity contribution is 6.01. The monoisotopic (exact) mass is 337 g/mol. The van der Waals surface area contributed by atoms with Gasteiger partial charge in [0.05, 0.1) is 11.4 Å². The van der Waals surface area contributed by atoms with Gasteiger partial charge in [-0.2, -0.15) is 0 Å². The Kier molecular flexibility index (Phi) is 4.61. The Bertz CT molecular complexity index is 754. The molecule has 4 rings (SSSR count). The van der Waals surface area contributed by atoms with Crippen LogP contribution in [0.15, 0.2) is 41.7 Å². The molecule has 1 aliphatic heterocycles. The molecule has 0 saturated carbocycles. The van der Waals surface area contributed by atoms with Crippen molar-refractivity contribution in [1.29, 1.82) is 0 Å². The van der Waals surface area contributed by atoms with E-state index in [9.17, 15) is 0 Å². The van der Waals surface area contributed by atoms with E-state index in [4.69, 9.17) is 10.2 Å². The van der Waals surface area contributed by atoms with Crippen LogP contribution in [0.4, 0.5) is 5.95 Å². The molecule has 6 nitrogen and oxygen atoms in total. The number of benzene rings is 1. The maximum Gasteiger partial charge on any atom is 0.225 e. The number of rotatable bonds is 3. The van der Waals surface area contributed by atoms with E-state index < -0.39 is 0 Å². The van der Waals surface area contributed by atoms with Gasteiger partial charge in [0, 0.05) is 44.5 Å². The van der Waals surface area contributed by atoms with Gasteiger partial charge in [-0.15, -0.1) is 0 Å². The molecule has 130 valence electrons.